The van der Waals surface area contributed by atoms with Gasteiger partial charge in [0.1, 0.15) is 5.76 Å². The molecule has 2 aliphatic carbocycles. The maximum Gasteiger partial charge on any atom is 0.168 e. The Labute approximate surface area is 248 Å². The summed E-state index contributed by atoms with van der Waals surface area (Å²) < 4.78 is 0. The summed E-state index contributed by atoms with van der Waals surface area (Å²) in [5, 5.41) is 13.3. The number of benzene rings is 2. The average molecular weight is 703 g/mol. The van der Waals surface area contributed by atoms with Crippen LogP contribution in [0.1, 0.15) is 91.5 Å². The first-order valence-electron chi connectivity index (χ1n) is 14.7. The number of carbonyl (C=O) groups excluding carboxylic acids is 1. The van der Waals surface area contributed by atoms with Gasteiger partial charge in [0.25, 0.3) is 0 Å². The molecule has 1 aromatic heterocycles. The van der Waals surface area contributed by atoms with Gasteiger partial charge in [-0.1, -0.05) is 58.9 Å². The van der Waals surface area contributed by atoms with E-state index in [0.717, 1.165) is 74.6 Å². The first kappa shape index (κ1) is 31.2. The zero-order valence-corrected chi connectivity index (χ0v) is 26.7. The zero-order valence-electron chi connectivity index (χ0n) is 24.3. The fourth-order valence-corrected chi connectivity index (χ4v) is 6.60. The number of allylic oxidation sites excluding steroid dienone is 2. The Morgan fingerprint density at radius 2 is 1.56 bits per heavy atom. The maximum atomic E-state index is 13.1. The van der Waals surface area contributed by atoms with Gasteiger partial charge in [-0.05, 0) is 85.7 Å². The summed E-state index contributed by atoms with van der Waals surface area (Å²) in [5.41, 5.74) is 3.86. The first-order valence-corrected chi connectivity index (χ1v) is 14.7. The van der Waals surface area contributed by atoms with E-state index in [9.17, 15) is 9.90 Å². The van der Waals surface area contributed by atoms with Crippen molar-refractivity contribution in [1.29, 1.82) is 0 Å². The van der Waals surface area contributed by atoms with Gasteiger partial charge in [-0.2, -0.15) is 0 Å². The molecule has 2 aliphatic rings. The van der Waals surface area contributed by atoms with Crippen molar-refractivity contribution in [2.45, 2.75) is 92.4 Å². The van der Waals surface area contributed by atoms with Crippen LogP contribution in [-0.2, 0) is 31.3 Å². The van der Waals surface area contributed by atoms with Crippen LogP contribution in [0.15, 0.2) is 66.1 Å². The molecule has 4 heteroatoms. The molecule has 3 nitrogen and oxygen atoms in total. The van der Waals surface area contributed by atoms with Crippen molar-refractivity contribution in [1.82, 2.24) is 4.98 Å². The van der Waals surface area contributed by atoms with Crippen LogP contribution in [0.25, 0.3) is 22.0 Å². The number of ketones is 1. The molecule has 1 radical (unpaired) electrons. The molecule has 39 heavy (non-hydrogen) atoms. The van der Waals surface area contributed by atoms with E-state index >= 15 is 0 Å². The van der Waals surface area contributed by atoms with Crippen LogP contribution in [0.4, 0.5) is 0 Å². The molecule has 0 saturated heterocycles. The summed E-state index contributed by atoms with van der Waals surface area (Å²) in [6.07, 6.45) is 10.9. The number of aryl methyl sites for hydroxylation is 1. The molecular formula is C35H44IrNO2-. The standard InChI is InChI=1S/C18H30O2.C17H14N.Ir/c1-5-17(6-2)11-9-13-10-12-18(7-3,8-4)16(20)14(13)15(17)19;1-2-13-8-9-15-12-18-17(11-16(15)10-13)14-6-4-3-5-7-14;/h13,19H,5-12H2,1-4H3;3-6,8-12H,2H2,1H3;/q;-1;. The van der Waals surface area contributed by atoms with Gasteiger partial charge in [-0.15, -0.1) is 35.9 Å². The van der Waals surface area contributed by atoms with Crippen LogP contribution in [0.5, 0.6) is 0 Å². The van der Waals surface area contributed by atoms with Crippen molar-refractivity contribution in [2.24, 2.45) is 16.7 Å². The molecule has 1 atom stereocenters. The number of fused-ring (bicyclic) bond motifs is 2. The summed E-state index contributed by atoms with van der Waals surface area (Å²) in [6, 6.07) is 19.8. The van der Waals surface area contributed by atoms with E-state index in [-0.39, 0.29) is 36.7 Å². The van der Waals surface area contributed by atoms with Crippen LogP contribution in [0.2, 0.25) is 0 Å². The molecule has 1 saturated carbocycles. The fraction of sp³-hybridized carbons (Fsp3) is 0.486. The molecule has 2 aromatic carbocycles. The number of Topliss-reactive ketones (excluding diaryl/α,β-unsaturated/α-hetero) is 1. The smallest absolute Gasteiger partial charge is 0.168 e. The summed E-state index contributed by atoms with van der Waals surface area (Å²) in [5.74, 6) is 1.04. The fourth-order valence-electron chi connectivity index (χ4n) is 6.60. The Morgan fingerprint density at radius 1 is 0.897 bits per heavy atom. The number of hydrogen-bond donors (Lipinski definition) is 1. The van der Waals surface area contributed by atoms with Gasteiger partial charge in [0.15, 0.2) is 5.78 Å². The van der Waals surface area contributed by atoms with Crippen molar-refractivity contribution < 1.29 is 30.0 Å². The molecule has 5 rings (SSSR count). The van der Waals surface area contributed by atoms with Gasteiger partial charge in [-0.25, -0.2) is 0 Å². The molecule has 0 aliphatic heterocycles. The Kier molecular flexibility index (Phi) is 10.7. The number of hydrogen-bond acceptors (Lipinski definition) is 3. The largest absolute Gasteiger partial charge is 0.511 e. The van der Waals surface area contributed by atoms with Crippen LogP contribution in [0, 0.1) is 22.8 Å². The van der Waals surface area contributed by atoms with Gasteiger partial charge in [0.2, 0.25) is 0 Å². The third-order valence-corrected chi connectivity index (χ3v) is 9.72. The quantitative estimate of drug-likeness (QED) is 0.261. The third kappa shape index (κ3) is 6.08. The molecule has 3 aromatic rings. The molecule has 1 heterocycles. The van der Waals surface area contributed by atoms with Crippen LogP contribution < -0.4 is 0 Å². The van der Waals surface area contributed by atoms with E-state index in [0.29, 0.717) is 11.7 Å². The minimum absolute atomic E-state index is 0. The molecule has 1 N–H and O–H groups in total. The van der Waals surface area contributed by atoms with Crippen molar-refractivity contribution in [3.63, 3.8) is 0 Å². The molecule has 211 valence electrons. The van der Waals surface area contributed by atoms with E-state index in [1.807, 2.05) is 30.5 Å². The summed E-state index contributed by atoms with van der Waals surface area (Å²) >= 11 is 0. The van der Waals surface area contributed by atoms with Gasteiger partial charge in [0.05, 0.1) is 0 Å². The van der Waals surface area contributed by atoms with E-state index < -0.39 is 0 Å². The Balaban J connectivity index is 0.000000211. The number of aliphatic hydroxyl groups is 1. The van der Waals surface area contributed by atoms with Crippen molar-refractivity contribution in [3.8, 4) is 11.3 Å². The van der Waals surface area contributed by atoms with Gasteiger partial charge in [-0.3, -0.25) is 4.79 Å². The monoisotopic (exact) mass is 703 g/mol. The van der Waals surface area contributed by atoms with Crippen LogP contribution in [0.3, 0.4) is 0 Å². The Hall–Kier alpha value is -2.29. The van der Waals surface area contributed by atoms with Gasteiger partial charge in [0, 0.05) is 42.7 Å². The zero-order chi connectivity index (χ0) is 27.3. The molecule has 1 unspecified atom stereocenters. The van der Waals surface area contributed by atoms with Crippen LogP contribution >= 0.6 is 0 Å². The molecular weight excluding hydrogens is 659 g/mol. The number of carbonyl (C=O) groups is 1. The van der Waals surface area contributed by atoms with Gasteiger partial charge >= 0.3 is 0 Å². The SMILES string of the molecule is CCC1(CC)CCC2CCC(CC)(CC)C(O)=C2C1=O.CCc1ccc2cnc(-c3[c-]cccc3)cc2c1.[Ir]. The second-order valence-electron chi connectivity index (χ2n) is 11.2. The number of pyridine rings is 1. The van der Waals surface area contributed by atoms with E-state index in [1.54, 1.807) is 0 Å². The predicted octanol–water partition coefficient (Wildman–Crippen LogP) is 9.45. The second-order valence-corrected chi connectivity index (χ2v) is 11.2. The van der Waals surface area contributed by atoms with Crippen molar-refractivity contribution >= 4 is 16.6 Å². The van der Waals surface area contributed by atoms with E-state index in [4.69, 9.17) is 0 Å². The van der Waals surface area contributed by atoms with E-state index in [2.05, 4.69) is 69.9 Å². The number of aliphatic hydroxyl groups excluding tert-OH is 1. The minimum Gasteiger partial charge on any atom is -0.511 e. The minimum atomic E-state index is -0.204. The predicted molar refractivity (Wildman–Crippen MR) is 158 cm³/mol. The Bertz CT molecular complexity index is 1290. The van der Waals surface area contributed by atoms with Crippen molar-refractivity contribution in [2.75, 3.05) is 0 Å². The van der Waals surface area contributed by atoms with Crippen LogP contribution in [-0.4, -0.2) is 15.9 Å². The maximum absolute atomic E-state index is 13.1. The topological polar surface area (TPSA) is 50.2 Å². The summed E-state index contributed by atoms with van der Waals surface area (Å²) in [6.45, 7) is 10.7. The van der Waals surface area contributed by atoms with Gasteiger partial charge < -0.3 is 10.1 Å². The molecule has 0 bridgehead atoms. The Morgan fingerprint density at radius 3 is 2.15 bits per heavy atom. The van der Waals surface area contributed by atoms with Crippen molar-refractivity contribution in [3.05, 3.63) is 77.7 Å². The first-order chi connectivity index (χ1) is 18.4. The third-order valence-electron chi connectivity index (χ3n) is 9.72. The summed E-state index contributed by atoms with van der Waals surface area (Å²) in [7, 11) is 0. The number of rotatable bonds is 6. The van der Waals surface area contributed by atoms with E-state index in [1.165, 1.54) is 16.3 Å². The molecule has 0 amide bonds. The normalized spacial score (nSPS) is 19.5. The average Bonchev–Trinajstić information content (AvgIpc) is 2.98. The molecule has 0 spiro atoms. The summed E-state index contributed by atoms with van der Waals surface area (Å²) in [4.78, 5) is 17.6. The number of nitrogens with zero attached hydrogens (tertiary/aromatic N) is 1. The second kappa shape index (κ2) is 13.4. The molecule has 1 fully saturated rings. The number of aromatic nitrogens is 1.